The SMILES string of the molecule is Cc1ccc2nc(C3CCC(C(=O)O)O3)oc2c1. The van der Waals surface area contributed by atoms with Crippen molar-refractivity contribution in [3.8, 4) is 0 Å². The lowest BCUT2D eigenvalue weighted by atomic mass is 10.2. The molecule has 1 saturated heterocycles. The summed E-state index contributed by atoms with van der Waals surface area (Å²) in [6.07, 6.45) is 0.0334. The van der Waals surface area contributed by atoms with Crippen molar-refractivity contribution < 1.29 is 19.1 Å². The van der Waals surface area contributed by atoms with Crippen molar-refractivity contribution >= 4 is 17.1 Å². The predicted octanol–water partition coefficient (Wildman–Crippen LogP) is 2.44. The highest BCUT2D eigenvalue weighted by Crippen LogP contribution is 2.33. The molecule has 1 aromatic heterocycles. The molecule has 0 aliphatic carbocycles. The van der Waals surface area contributed by atoms with Crippen LogP contribution in [0.2, 0.25) is 0 Å². The van der Waals surface area contributed by atoms with E-state index in [2.05, 4.69) is 4.98 Å². The van der Waals surface area contributed by atoms with Gasteiger partial charge in [-0.05, 0) is 37.5 Å². The molecule has 0 radical (unpaired) electrons. The molecule has 1 aromatic carbocycles. The van der Waals surface area contributed by atoms with E-state index in [4.69, 9.17) is 14.3 Å². The number of benzene rings is 1. The summed E-state index contributed by atoms with van der Waals surface area (Å²) < 4.78 is 11.0. The first-order valence-electron chi connectivity index (χ1n) is 5.89. The quantitative estimate of drug-likeness (QED) is 0.882. The molecule has 2 atom stereocenters. The summed E-state index contributed by atoms with van der Waals surface area (Å²) in [5, 5.41) is 8.88. The van der Waals surface area contributed by atoms with Crippen LogP contribution in [0, 0.1) is 6.92 Å². The van der Waals surface area contributed by atoms with Crippen LogP contribution in [0.15, 0.2) is 22.6 Å². The third kappa shape index (κ3) is 1.86. The number of carboxylic acids is 1. The molecular formula is C13H13NO4. The smallest absolute Gasteiger partial charge is 0.332 e. The number of rotatable bonds is 2. The summed E-state index contributed by atoms with van der Waals surface area (Å²) in [4.78, 5) is 15.2. The Bertz CT molecular complexity index is 604. The Balaban J connectivity index is 1.89. The summed E-state index contributed by atoms with van der Waals surface area (Å²) in [6, 6.07) is 5.76. The van der Waals surface area contributed by atoms with Crippen molar-refractivity contribution in [1.82, 2.24) is 4.98 Å². The predicted molar refractivity (Wildman–Crippen MR) is 63.2 cm³/mol. The highest BCUT2D eigenvalue weighted by Gasteiger charge is 2.34. The van der Waals surface area contributed by atoms with E-state index in [-0.39, 0.29) is 6.10 Å². The van der Waals surface area contributed by atoms with E-state index in [0.29, 0.717) is 24.3 Å². The Morgan fingerprint density at radius 2 is 2.28 bits per heavy atom. The van der Waals surface area contributed by atoms with Gasteiger partial charge in [0.15, 0.2) is 11.7 Å². The summed E-state index contributed by atoms with van der Waals surface area (Å²) in [7, 11) is 0. The van der Waals surface area contributed by atoms with Gasteiger partial charge in [-0.25, -0.2) is 9.78 Å². The highest BCUT2D eigenvalue weighted by molar-refractivity contribution is 5.74. The van der Waals surface area contributed by atoms with Gasteiger partial charge in [0, 0.05) is 0 Å². The Kier molecular flexibility index (Phi) is 2.56. The van der Waals surface area contributed by atoms with E-state index in [9.17, 15) is 4.79 Å². The lowest BCUT2D eigenvalue weighted by Gasteiger charge is -2.06. The monoisotopic (exact) mass is 247 g/mol. The number of ether oxygens (including phenoxy) is 1. The number of carboxylic acid groups (broad SMARTS) is 1. The molecule has 2 heterocycles. The van der Waals surface area contributed by atoms with E-state index >= 15 is 0 Å². The Labute approximate surface area is 103 Å². The first kappa shape index (κ1) is 11.2. The minimum atomic E-state index is -0.926. The second kappa shape index (κ2) is 4.10. The van der Waals surface area contributed by atoms with Crippen LogP contribution in [0.1, 0.15) is 30.4 Å². The molecule has 0 spiro atoms. The van der Waals surface area contributed by atoms with Crippen molar-refractivity contribution in [2.75, 3.05) is 0 Å². The second-order valence-corrected chi connectivity index (χ2v) is 4.55. The molecule has 0 bridgehead atoms. The van der Waals surface area contributed by atoms with Gasteiger partial charge in [-0.15, -0.1) is 0 Å². The highest BCUT2D eigenvalue weighted by atomic mass is 16.5. The number of aryl methyl sites for hydroxylation is 1. The van der Waals surface area contributed by atoms with E-state index in [0.717, 1.165) is 11.1 Å². The number of hydrogen-bond donors (Lipinski definition) is 1. The molecule has 18 heavy (non-hydrogen) atoms. The zero-order chi connectivity index (χ0) is 12.7. The van der Waals surface area contributed by atoms with Crippen LogP contribution in [0.25, 0.3) is 11.1 Å². The van der Waals surface area contributed by atoms with E-state index in [1.165, 1.54) is 0 Å². The molecule has 2 unspecified atom stereocenters. The molecule has 5 nitrogen and oxygen atoms in total. The van der Waals surface area contributed by atoms with Crippen molar-refractivity contribution in [3.63, 3.8) is 0 Å². The molecule has 5 heteroatoms. The first-order valence-corrected chi connectivity index (χ1v) is 5.89. The Hall–Kier alpha value is -1.88. The van der Waals surface area contributed by atoms with Crippen molar-refractivity contribution in [2.45, 2.75) is 32.0 Å². The maximum Gasteiger partial charge on any atom is 0.332 e. The van der Waals surface area contributed by atoms with Crippen LogP contribution in [-0.2, 0) is 9.53 Å². The summed E-state index contributed by atoms with van der Waals surface area (Å²) >= 11 is 0. The van der Waals surface area contributed by atoms with Crippen molar-refractivity contribution in [1.29, 1.82) is 0 Å². The first-order chi connectivity index (χ1) is 8.63. The summed E-state index contributed by atoms with van der Waals surface area (Å²) in [5.41, 5.74) is 2.59. The van der Waals surface area contributed by atoms with Crippen LogP contribution in [0.4, 0.5) is 0 Å². The Morgan fingerprint density at radius 1 is 1.44 bits per heavy atom. The zero-order valence-electron chi connectivity index (χ0n) is 9.92. The summed E-state index contributed by atoms with van der Waals surface area (Å²) in [5.74, 6) is -0.455. The fraction of sp³-hybridized carbons (Fsp3) is 0.385. The fourth-order valence-electron chi connectivity index (χ4n) is 2.19. The van der Waals surface area contributed by atoms with Gasteiger partial charge in [0.1, 0.15) is 11.6 Å². The fourth-order valence-corrected chi connectivity index (χ4v) is 2.19. The molecule has 1 aliphatic rings. The minimum Gasteiger partial charge on any atom is -0.479 e. The topological polar surface area (TPSA) is 72.6 Å². The largest absolute Gasteiger partial charge is 0.479 e. The molecule has 3 rings (SSSR count). The average Bonchev–Trinajstić information content (AvgIpc) is 2.93. The molecule has 1 N–H and O–H groups in total. The number of aliphatic carboxylic acids is 1. The van der Waals surface area contributed by atoms with Gasteiger partial charge in [0.05, 0.1) is 0 Å². The molecular weight excluding hydrogens is 234 g/mol. The van der Waals surface area contributed by atoms with Gasteiger partial charge in [-0.1, -0.05) is 6.07 Å². The van der Waals surface area contributed by atoms with Crippen LogP contribution >= 0.6 is 0 Å². The molecule has 2 aromatic rings. The van der Waals surface area contributed by atoms with Gasteiger partial charge in [0.25, 0.3) is 0 Å². The molecule has 0 saturated carbocycles. The Morgan fingerprint density at radius 3 is 3.00 bits per heavy atom. The van der Waals surface area contributed by atoms with Crippen LogP contribution in [0.3, 0.4) is 0 Å². The van der Waals surface area contributed by atoms with Gasteiger partial charge >= 0.3 is 5.97 Å². The number of carbonyl (C=O) groups is 1. The molecule has 0 amide bonds. The lowest BCUT2D eigenvalue weighted by Crippen LogP contribution is -2.18. The van der Waals surface area contributed by atoms with Crippen LogP contribution < -0.4 is 0 Å². The maximum absolute atomic E-state index is 10.8. The second-order valence-electron chi connectivity index (χ2n) is 4.55. The van der Waals surface area contributed by atoms with Crippen LogP contribution in [0.5, 0.6) is 0 Å². The standard InChI is InChI=1S/C13H13NO4/c1-7-2-3-8-11(6-7)18-12(14-8)9-4-5-10(17-9)13(15)16/h2-3,6,9-10H,4-5H2,1H3,(H,15,16). The zero-order valence-corrected chi connectivity index (χ0v) is 9.92. The van der Waals surface area contributed by atoms with Crippen molar-refractivity contribution in [2.24, 2.45) is 0 Å². The van der Waals surface area contributed by atoms with Gasteiger partial charge in [-0.3, -0.25) is 0 Å². The van der Waals surface area contributed by atoms with E-state index in [1.54, 1.807) is 0 Å². The average molecular weight is 247 g/mol. The van der Waals surface area contributed by atoms with E-state index in [1.807, 2.05) is 25.1 Å². The number of fused-ring (bicyclic) bond motifs is 1. The maximum atomic E-state index is 10.8. The molecule has 1 fully saturated rings. The lowest BCUT2D eigenvalue weighted by molar-refractivity contribution is -0.149. The number of oxazole rings is 1. The summed E-state index contributed by atoms with van der Waals surface area (Å²) in [6.45, 7) is 1.98. The van der Waals surface area contributed by atoms with E-state index < -0.39 is 12.1 Å². The van der Waals surface area contributed by atoms with Crippen molar-refractivity contribution in [3.05, 3.63) is 29.7 Å². The number of hydrogen-bond acceptors (Lipinski definition) is 4. The minimum absolute atomic E-state index is 0.348. The normalized spacial score (nSPS) is 23.6. The number of aromatic nitrogens is 1. The van der Waals surface area contributed by atoms with Gasteiger partial charge < -0.3 is 14.3 Å². The van der Waals surface area contributed by atoms with Crippen LogP contribution in [-0.4, -0.2) is 22.2 Å². The molecule has 1 aliphatic heterocycles. The number of nitrogens with zero attached hydrogens (tertiary/aromatic N) is 1. The third-order valence-corrected chi connectivity index (χ3v) is 3.13. The molecule has 94 valence electrons. The van der Waals surface area contributed by atoms with Gasteiger partial charge in [0.2, 0.25) is 5.89 Å². The third-order valence-electron chi connectivity index (χ3n) is 3.13. The van der Waals surface area contributed by atoms with Gasteiger partial charge in [-0.2, -0.15) is 0 Å².